The van der Waals surface area contributed by atoms with Crippen molar-refractivity contribution in [3.63, 3.8) is 0 Å². The number of hydrogen-bond donors (Lipinski definition) is 1. The first-order valence-electron chi connectivity index (χ1n) is 5.19. The third-order valence-electron chi connectivity index (χ3n) is 2.21. The Kier molecular flexibility index (Phi) is 4.27. The van der Waals surface area contributed by atoms with Crippen molar-refractivity contribution in [1.82, 2.24) is 15.0 Å². The molecule has 94 valence electrons. The van der Waals surface area contributed by atoms with E-state index in [1.54, 1.807) is 34.5 Å². The summed E-state index contributed by atoms with van der Waals surface area (Å²) in [7, 11) is 0. The molecule has 0 saturated carbocycles. The van der Waals surface area contributed by atoms with Crippen LogP contribution in [0.3, 0.4) is 0 Å². The lowest BCUT2D eigenvalue weighted by atomic mass is 10.5. The summed E-state index contributed by atoms with van der Waals surface area (Å²) in [5.74, 6) is 0.624. The zero-order valence-corrected chi connectivity index (χ0v) is 12.0. The van der Waals surface area contributed by atoms with E-state index in [1.165, 1.54) is 0 Å². The molecule has 0 bridgehead atoms. The molecule has 0 radical (unpaired) electrons. The molecule has 0 unspecified atom stereocenters. The van der Waals surface area contributed by atoms with Gasteiger partial charge in [-0.3, -0.25) is 4.79 Å². The van der Waals surface area contributed by atoms with E-state index in [2.05, 4.69) is 31.4 Å². The van der Waals surface area contributed by atoms with E-state index in [1.807, 2.05) is 18.4 Å². The summed E-state index contributed by atoms with van der Waals surface area (Å²) < 4.78 is 2.77. The number of aryl methyl sites for hydroxylation is 1. The fourth-order valence-corrected chi connectivity index (χ4v) is 2.63. The van der Waals surface area contributed by atoms with Crippen molar-refractivity contribution in [2.75, 3.05) is 0 Å². The van der Waals surface area contributed by atoms with Gasteiger partial charge >= 0.3 is 0 Å². The maximum atomic E-state index is 11.6. The second kappa shape index (κ2) is 5.92. The summed E-state index contributed by atoms with van der Waals surface area (Å²) in [6.07, 6.45) is 5.04. The minimum Gasteiger partial charge on any atom is -0.326 e. The molecule has 0 aromatic carbocycles. The van der Waals surface area contributed by atoms with Crippen LogP contribution in [0.4, 0.5) is 0 Å². The number of nitrogens with one attached hydrogen (secondary N) is 1. The second-order valence-corrected chi connectivity index (χ2v) is 5.42. The molecule has 2 aromatic heterocycles. The van der Waals surface area contributed by atoms with Crippen molar-refractivity contribution < 1.29 is 4.79 Å². The average molecular weight is 327 g/mol. The van der Waals surface area contributed by atoms with Crippen LogP contribution in [0.1, 0.15) is 10.7 Å². The Bertz CT molecular complexity index is 575. The van der Waals surface area contributed by atoms with Crippen molar-refractivity contribution in [3.05, 3.63) is 39.0 Å². The summed E-state index contributed by atoms with van der Waals surface area (Å²) >= 11 is 4.90. The lowest BCUT2D eigenvalue weighted by Gasteiger charge is -2.02. The van der Waals surface area contributed by atoms with Crippen LogP contribution in [0.25, 0.3) is 0 Å². The molecule has 2 rings (SSSR count). The summed E-state index contributed by atoms with van der Waals surface area (Å²) in [4.78, 5) is 16.6. The Morgan fingerprint density at radius 3 is 3.17 bits per heavy atom. The number of carbonyl (C=O) groups excluding carboxylic acids is 1. The van der Waals surface area contributed by atoms with E-state index in [-0.39, 0.29) is 12.5 Å². The molecule has 0 spiro atoms. The summed E-state index contributed by atoms with van der Waals surface area (Å²) in [5.41, 5.74) is 2.48. The number of amides is 1. The predicted octanol–water partition coefficient (Wildman–Crippen LogP) is 2.17. The quantitative estimate of drug-likeness (QED) is 0.691. The second-order valence-electron chi connectivity index (χ2n) is 3.56. The van der Waals surface area contributed by atoms with Crippen LogP contribution in [0, 0.1) is 6.92 Å². The van der Waals surface area contributed by atoms with Gasteiger partial charge in [-0.05, 0) is 28.9 Å². The van der Waals surface area contributed by atoms with E-state index in [9.17, 15) is 4.79 Å². The molecule has 7 heteroatoms. The zero-order valence-electron chi connectivity index (χ0n) is 9.63. The number of thiophene rings is 1. The molecule has 5 nitrogen and oxygen atoms in total. The molecular formula is C11H11BrN4OS. The summed E-state index contributed by atoms with van der Waals surface area (Å²) in [5, 5.41) is 5.85. The van der Waals surface area contributed by atoms with Gasteiger partial charge in [0.05, 0.1) is 6.21 Å². The highest BCUT2D eigenvalue weighted by atomic mass is 79.9. The highest BCUT2D eigenvalue weighted by Gasteiger charge is 2.03. The number of imidazole rings is 1. The Labute approximate surface area is 117 Å². The number of hydrazone groups is 1. The van der Waals surface area contributed by atoms with E-state index in [0.717, 1.165) is 15.2 Å². The molecule has 0 fully saturated rings. The standard InChI is InChI=1S/C11H11BrN4OS/c1-8-13-2-3-16(8)6-11(17)15-14-5-10-4-9(12)7-18-10/h2-5,7H,6H2,1H3,(H,15,17)/b14-5-. The van der Waals surface area contributed by atoms with Crippen molar-refractivity contribution in [1.29, 1.82) is 0 Å². The van der Waals surface area contributed by atoms with E-state index < -0.39 is 0 Å². The molecule has 2 aromatic rings. The van der Waals surface area contributed by atoms with Crippen LogP contribution < -0.4 is 5.43 Å². The third kappa shape index (κ3) is 3.51. The highest BCUT2D eigenvalue weighted by molar-refractivity contribution is 9.10. The topological polar surface area (TPSA) is 59.3 Å². The maximum absolute atomic E-state index is 11.6. The number of halogens is 1. The van der Waals surface area contributed by atoms with Gasteiger partial charge in [-0.1, -0.05) is 0 Å². The number of aromatic nitrogens is 2. The SMILES string of the molecule is Cc1nccn1CC(=O)N/N=C\c1cc(Br)cs1. The minimum atomic E-state index is -0.178. The minimum absolute atomic E-state index is 0.178. The average Bonchev–Trinajstić information content (AvgIpc) is 2.89. The van der Waals surface area contributed by atoms with Crippen molar-refractivity contribution in [3.8, 4) is 0 Å². The lowest BCUT2D eigenvalue weighted by molar-refractivity contribution is -0.121. The Morgan fingerprint density at radius 1 is 1.72 bits per heavy atom. The molecule has 1 N–H and O–H groups in total. The van der Waals surface area contributed by atoms with Crippen LogP contribution in [0.15, 0.2) is 33.4 Å². The fraction of sp³-hybridized carbons (Fsp3) is 0.182. The molecule has 0 aliphatic carbocycles. The predicted molar refractivity (Wildman–Crippen MR) is 74.7 cm³/mol. The first-order chi connectivity index (χ1) is 8.65. The number of nitrogens with zero attached hydrogens (tertiary/aromatic N) is 3. The van der Waals surface area contributed by atoms with Gasteiger partial charge in [0.15, 0.2) is 0 Å². The van der Waals surface area contributed by atoms with Crippen LogP contribution in [-0.2, 0) is 11.3 Å². The molecular weight excluding hydrogens is 316 g/mol. The summed E-state index contributed by atoms with van der Waals surface area (Å²) in [6.45, 7) is 2.07. The molecule has 2 heterocycles. The molecule has 18 heavy (non-hydrogen) atoms. The Balaban J connectivity index is 1.85. The smallest absolute Gasteiger partial charge is 0.260 e. The first kappa shape index (κ1) is 13.0. The Hall–Kier alpha value is -1.47. The van der Waals surface area contributed by atoms with Gasteiger partial charge in [-0.15, -0.1) is 11.3 Å². The van der Waals surface area contributed by atoms with E-state index >= 15 is 0 Å². The van der Waals surface area contributed by atoms with Gasteiger partial charge in [-0.25, -0.2) is 10.4 Å². The summed E-state index contributed by atoms with van der Waals surface area (Å²) in [6, 6.07) is 1.93. The fourth-order valence-electron chi connectivity index (χ4n) is 1.32. The van der Waals surface area contributed by atoms with Gasteiger partial charge < -0.3 is 4.57 Å². The normalized spacial score (nSPS) is 11.0. The van der Waals surface area contributed by atoms with Gasteiger partial charge in [0.1, 0.15) is 12.4 Å². The molecule has 0 aliphatic heterocycles. The van der Waals surface area contributed by atoms with Gasteiger partial charge in [0, 0.05) is 27.1 Å². The van der Waals surface area contributed by atoms with Crippen molar-refractivity contribution >= 4 is 39.4 Å². The lowest BCUT2D eigenvalue weighted by Crippen LogP contribution is -2.23. The molecule has 1 amide bonds. The van der Waals surface area contributed by atoms with E-state index in [0.29, 0.717) is 0 Å². The number of rotatable bonds is 4. The van der Waals surface area contributed by atoms with Crippen LogP contribution >= 0.6 is 27.3 Å². The molecule has 0 atom stereocenters. The van der Waals surface area contributed by atoms with Crippen molar-refractivity contribution in [2.24, 2.45) is 5.10 Å². The van der Waals surface area contributed by atoms with Gasteiger partial charge in [-0.2, -0.15) is 5.10 Å². The monoisotopic (exact) mass is 326 g/mol. The Morgan fingerprint density at radius 2 is 2.56 bits per heavy atom. The first-order valence-corrected chi connectivity index (χ1v) is 6.86. The molecule has 0 saturated heterocycles. The zero-order chi connectivity index (χ0) is 13.0. The number of carbonyl (C=O) groups is 1. The largest absolute Gasteiger partial charge is 0.326 e. The van der Waals surface area contributed by atoms with Crippen LogP contribution in [0.2, 0.25) is 0 Å². The van der Waals surface area contributed by atoms with Gasteiger partial charge in [0.25, 0.3) is 5.91 Å². The third-order valence-corrected chi connectivity index (χ3v) is 3.83. The highest BCUT2D eigenvalue weighted by Crippen LogP contribution is 2.17. The van der Waals surface area contributed by atoms with Crippen molar-refractivity contribution in [2.45, 2.75) is 13.5 Å². The van der Waals surface area contributed by atoms with Crippen LogP contribution in [-0.4, -0.2) is 21.7 Å². The van der Waals surface area contributed by atoms with Crippen LogP contribution in [0.5, 0.6) is 0 Å². The molecule has 0 aliphatic rings. The van der Waals surface area contributed by atoms with E-state index in [4.69, 9.17) is 0 Å². The van der Waals surface area contributed by atoms with Gasteiger partial charge in [0.2, 0.25) is 0 Å². The number of hydrogen-bond acceptors (Lipinski definition) is 4. The maximum Gasteiger partial charge on any atom is 0.260 e.